The SMILES string of the molecule is CC(C)c1ccc(Cn2nnc(CN)c2C(F)(F)F)cc1. The summed E-state index contributed by atoms with van der Waals surface area (Å²) in [4.78, 5) is 0. The molecule has 0 saturated carbocycles. The number of hydrogen-bond acceptors (Lipinski definition) is 3. The Morgan fingerprint density at radius 3 is 2.29 bits per heavy atom. The molecule has 0 amide bonds. The molecule has 7 heteroatoms. The van der Waals surface area contributed by atoms with Crippen molar-refractivity contribution < 1.29 is 13.2 Å². The van der Waals surface area contributed by atoms with Gasteiger partial charge in [0.05, 0.1) is 6.54 Å². The number of alkyl halides is 3. The van der Waals surface area contributed by atoms with Gasteiger partial charge in [-0.05, 0) is 17.0 Å². The molecular formula is C14H17F3N4. The molecule has 0 aliphatic carbocycles. The molecule has 0 saturated heterocycles. The molecule has 21 heavy (non-hydrogen) atoms. The summed E-state index contributed by atoms with van der Waals surface area (Å²) in [5.41, 5.74) is 6.05. The topological polar surface area (TPSA) is 56.7 Å². The van der Waals surface area contributed by atoms with E-state index in [2.05, 4.69) is 24.2 Å². The fourth-order valence-corrected chi connectivity index (χ4v) is 2.09. The molecule has 0 aliphatic rings. The number of hydrogen-bond donors (Lipinski definition) is 1. The quantitative estimate of drug-likeness (QED) is 0.944. The minimum absolute atomic E-state index is 0.0141. The van der Waals surface area contributed by atoms with Crippen molar-refractivity contribution in [3.63, 3.8) is 0 Å². The van der Waals surface area contributed by atoms with Crippen molar-refractivity contribution in [3.8, 4) is 0 Å². The van der Waals surface area contributed by atoms with Gasteiger partial charge in [0.25, 0.3) is 0 Å². The van der Waals surface area contributed by atoms with Crippen LogP contribution in [-0.2, 0) is 19.3 Å². The smallest absolute Gasteiger partial charge is 0.325 e. The van der Waals surface area contributed by atoms with Crippen LogP contribution in [0.15, 0.2) is 24.3 Å². The number of benzene rings is 1. The highest BCUT2D eigenvalue weighted by molar-refractivity contribution is 5.25. The van der Waals surface area contributed by atoms with Crippen molar-refractivity contribution in [2.24, 2.45) is 5.73 Å². The lowest BCUT2D eigenvalue weighted by molar-refractivity contribution is -0.144. The summed E-state index contributed by atoms with van der Waals surface area (Å²) in [5, 5.41) is 7.08. The van der Waals surface area contributed by atoms with Crippen LogP contribution in [0.4, 0.5) is 13.2 Å². The number of nitrogens with two attached hydrogens (primary N) is 1. The van der Waals surface area contributed by atoms with E-state index in [-0.39, 0.29) is 18.8 Å². The molecule has 2 rings (SSSR count). The monoisotopic (exact) mass is 298 g/mol. The van der Waals surface area contributed by atoms with Gasteiger partial charge in [-0.3, -0.25) is 0 Å². The first-order valence-electron chi connectivity index (χ1n) is 6.61. The minimum Gasteiger partial charge on any atom is -0.325 e. The Hall–Kier alpha value is -1.89. The lowest BCUT2D eigenvalue weighted by atomic mass is 10.0. The van der Waals surface area contributed by atoms with Crippen LogP contribution in [0, 0.1) is 0 Å². The van der Waals surface area contributed by atoms with Gasteiger partial charge >= 0.3 is 6.18 Å². The average Bonchev–Trinajstić information content (AvgIpc) is 2.82. The normalized spacial score (nSPS) is 12.1. The van der Waals surface area contributed by atoms with E-state index in [4.69, 9.17) is 5.73 Å². The summed E-state index contributed by atoms with van der Waals surface area (Å²) in [7, 11) is 0. The number of rotatable bonds is 4. The summed E-state index contributed by atoms with van der Waals surface area (Å²) in [6.45, 7) is 3.84. The van der Waals surface area contributed by atoms with Crippen LogP contribution in [0.5, 0.6) is 0 Å². The van der Waals surface area contributed by atoms with E-state index in [9.17, 15) is 13.2 Å². The van der Waals surface area contributed by atoms with Crippen LogP contribution >= 0.6 is 0 Å². The molecule has 0 fully saturated rings. The van der Waals surface area contributed by atoms with E-state index >= 15 is 0 Å². The Morgan fingerprint density at radius 1 is 1.19 bits per heavy atom. The van der Waals surface area contributed by atoms with Crippen LogP contribution < -0.4 is 5.73 Å². The Labute approximate surface area is 120 Å². The Balaban J connectivity index is 2.29. The van der Waals surface area contributed by atoms with Crippen LogP contribution in [0.3, 0.4) is 0 Å². The molecule has 2 N–H and O–H groups in total. The first kappa shape index (κ1) is 15.5. The van der Waals surface area contributed by atoms with Crippen molar-refractivity contribution >= 4 is 0 Å². The molecule has 0 atom stereocenters. The molecule has 1 heterocycles. The van der Waals surface area contributed by atoms with Gasteiger partial charge in [-0.2, -0.15) is 13.2 Å². The second-order valence-electron chi connectivity index (χ2n) is 5.14. The molecular weight excluding hydrogens is 281 g/mol. The van der Waals surface area contributed by atoms with Crippen LogP contribution in [0.25, 0.3) is 0 Å². The zero-order valence-corrected chi connectivity index (χ0v) is 11.9. The molecule has 0 aliphatic heterocycles. The maximum absolute atomic E-state index is 13.0. The minimum atomic E-state index is -4.52. The molecule has 1 aromatic heterocycles. The van der Waals surface area contributed by atoms with Gasteiger partial charge in [0, 0.05) is 6.54 Å². The predicted octanol–water partition coefficient (Wildman–Crippen LogP) is 2.93. The van der Waals surface area contributed by atoms with E-state index in [1.165, 1.54) is 0 Å². The fraction of sp³-hybridized carbons (Fsp3) is 0.429. The Kier molecular flexibility index (Phi) is 4.32. The molecule has 0 bridgehead atoms. The van der Waals surface area contributed by atoms with Gasteiger partial charge in [0.1, 0.15) is 5.69 Å². The van der Waals surface area contributed by atoms with Gasteiger partial charge in [0.2, 0.25) is 0 Å². The first-order valence-corrected chi connectivity index (χ1v) is 6.61. The summed E-state index contributed by atoms with van der Waals surface area (Å²) < 4.78 is 40.0. The maximum Gasteiger partial charge on any atom is 0.434 e. The zero-order valence-electron chi connectivity index (χ0n) is 11.9. The van der Waals surface area contributed by atoms with Crippen molar-refractivity contribution in [1.82, 2.24) is 15.0 Å². The first-order chi connectivity index (χ1) is 9.82. The Bertz CT molecular complexity index is 600. The van der Waals surface area contributed by atoms with Gasteiger partial charge in [-0.25, -0.2) is 4.68 Å². The summed E-state index contributed by atoms with van der Waals surface area (Å²) in [5.74, 6) is 0.375. The lowest BCUT2D eigenvalue weighted by Crippen LogP contribution is -2.18. The number of aromatic nitrogens is 3. The van der Waals surface area contributed by atoms with Gasteiger partial charge < -0.3 is 5.73 Å². The van der Waals surface area contributed by atoms with Crippen LogP contribution in [-0.4, -0.2) is 15.0 Å². The summed E-state index contributed by atoms with van der Waals surface area (Å²) in [6.07, 6.45) is -4.52. The Morgan fingerprint density at radius 2 is 1.81 bits per heavy atom. The second kappa shape index (κ2) is 5.85. The van der Waals surface area contributed by atoms with Crippen LogP contribution in [0.2, 0.25) is 0 Å². The molecule has 4 nitrogen and oxygen atoms in total. The fourth-order valence-electron chi connectivity index (χ4n) is 2.09. The third kappa shape index (κ3) is 3.41. The highest BCUT2D eigenvalue weighted by Crippen LogP contribution is 2.31. The van der Waals surface area contributed by atoms with E-state index in [1.54, 1.807) is 12.1 Å². The van der Waals surface area contributed by atoms with Gasteiger partial charge in [0.15, 0.2) is 5.69 Å². The van der Waals surface area contributed by atoms with Crippen molar-refractivity contribution in [3.05, 3.63) is 46.8 Å². The van der Waals surface area contributed by atoms with E-state index in [0.29, 0.717) is 5.92 Å². The van der Waals surface area contributed by atoms with Gasteiger partial charge in [-0.1, -0.05) is 43.3 Å². The zero-order chi connectivity index (χ0) is 15.6. The molecule has 0 radical (unpaired) electrons. The molecule has 2 aromatic rings. The lowest BCUT2D eigenvalue weighted by Gasteiger charge is -2.11. The summed E-state index contributed by atoms with van der Waals surface area (Å²) >= 11 is 0. The number of halogens is 3. The molecule has 0 unspecified atom stereocenters. The average molecular weight is 298 g/mol. The van der Waals surface area contributed by atoms with E-state index in [0.717, 1.165) is 15.8 Å². The number of nitrogens with zero attached hydrogens (tertiary/aromatic N) is 3. The van der Waals surface area contributed by atoms with E-state index in [1.807, 2.05) is 12.1 Å². The van der Waals surface area contributed by atoms with Crippen LogP contribution in [0.1, 0.15) is 42.3 Å². The predicted molar refractivity (Wildman–Crippen MR) is 72.5 cm³/mol. The maximum atomic E-state index is 13.0. The van der Waals surface area contributed by atoms with Gasteiger partial charge in [-0.15, -0.1) is 5.10 Å². The highest BCUT2D eigenvalue weighted by Gasteiger charge is 2.38. The third-order valence-corrected chi connectivity index (χ3v) is 3.25. The molecule has 1 aromatic carbocycles. The molecule has 114 valence electrons. The molecule has 0 spiro atoms. The van der Waals surface area contributed by atoms with Crippen molar-refractivity contribution in [2.75, 3.05) is 0 Å². The highest BCUT2D eigenvalue weighted by atomic mass is 19.4. The summed E-state index contributed by atoms with van der Waals surface area (Å²) in [6, 6.07) is 7.43. The largest absolute Gasteiger partial charge is 0.434 e. The van der Waals surface area contributed by atoms with Crippen molar-refractivity contribution in [2.45, 2.75) is 39.0 Å². The second-order valence-corrected chi connectivity index (χ2v) is 5.14. The third-order valence-electron chi connectivity index (χ3n) is 3.25. The standard InChI is InChI=1S/C14H17F3N4/c1-9(2)11-5-3-10(4-6-11)8-21-13(14(15,16)17)12(7-18)19-20-21/h3-6,9H,7-8,18H2,1-2H3. The van der Waals surface area contributed by atoms with E-state index < -0.39 is 11.9 Å². The van der Waals surface area contributed by atoms with Crippen molar-refractivity contribution in [1.29, 1.82) is 0 Å².